The van der Waals surface area contributed by atoms with E-state index in [0.29, 0.717) is 17.7 Å². The topological polar surface area (TPSA) is 77.4 Å². The van der Waals surface area contributed by atoms with Crippen LogP contribution >= 0.6 is 11.3 Å². The van der Waals surface area contributed by atoms with Crippen LogP contribution in [0.5, 0.6) is 5.75 Å². The highest BCUT2D eigenvalue weighted by Gasteiger charge is 2.56. The van der Waals surface area contributed by atoms with Gasteiger partial charge in [0.1, 0.15) is 36.0 Å². The maximum absolute atomic E-state index is 13.3. The number of hydrogen-bond donors (Lipinski definition) is 2. The van der Waals surface area contributed by atoms with E-state index in [0.717, 1.165) is 26.4 Å². The summed E-state index contributed by atoms with van der Waals surface area (Å²) >= 11 is 1.64. The van der Waals surface area contributed by atoms with Crippen molar-refractivity contribution in [2.24, 2.45) is 0 Å². The first-order valence-corrected chi connectivity index (χ1v) is 12.4. The first kappa shape index (κ1) is 24.4. The van der Waals surface area contributed by atoms with Crippen LogP contribution in [0.15, 0.2) is 48.5 Å². The van der Waals surface area contributed by atoms with E-state index < -0.39 is 36.5 Å². The smallest absolute Gasteiger partial charge is 0.190 e. The van der Waals surface area contributed by atoms with Crippen LogP contribution in [0.2, 0.25) is 0 Å². The van der Waals surface area contributed by atoms with Gasteiger partial charge in [0.05, 0.1) is 7.11 Å². The molecule has 5 rings (SSSR count). The van der Waals surface area contributed by atoms with Gasteiger partial charge in [0.2, 0.25) is 0 Å². The van der Waals surface area contributed by atoms with Gasteiger partial charge in [0.25, 0.3) is 0 Å². The molecule has 2 aromatic carbocycles. The Bertz CT molecular complexity index is 1210. The summed E-state index contributed by atoms with van der Waals surface area (Å²) in [7, 11) is 1.55. The summed E-state index contributed by atoms with van der Waals surface area (Å²) in [6, 6.07) is 14.4. The predicted molar refractivity (Wildman–Crippen MR) is 130 cm³/mol. The molecule has 0 saturated carbocycles. The Morgan fingerprint density at radius 1 is 1.11 bits per heavy atom. The van der Waals surface area contributed by atoms with E-state index in [9.17, 15) is 14.6 Å². The lowest BCUT2D eigenvalue weighted by molar-refractivity contribution is -0.226. The molecule has 8 heteroatoms. The Balaban J connectivity index is 1.38. The van der Waals surface area contributed by atoms with E-state index in [1.807, 2.05) is 25.1 Å². The number of thiophene rings is 1. The number of halogens is 1. The van der Waals surface area contributed by atoms with Gasteiger partial charge in [0.15, 0.2) is 12.1 Å². The van der Waals surface area contributed by atoms with Gasteiger partial charge in [-0.15, -0.1) is 11.3 Å². The van der Waals surface area contributed by atoms with Crippen molar-refractivity contribution >= 4 is 11.3 Å². The SMILES string of the molecule is COc1cc(C)c(Cc2ccc(-c3ccc(F)cc3)s2)cc1C(O)C1OC2OC(C)(C)OC2C1O. The third-order valence-electron chi connectivity index (χ3n) is 6.53. The molecule has 35 heavy (non-hydrogen) atoms. The molecule has 6 nitrogen and oxygen atoms in total. The lowest BCUT2D eigenvalue weighted by Crippen LogP contribution is -2.37. The molecule has 2 aliphatic heterocycles. The number of aliphatic hydroxyl groups is 2. The molecule has 186 valence electrons. The number of aliphatic hydroxyl groups excluding tert-OH is 2. The predicted octanol–water partition coefficient (Wildman–Crippen LogP) is 4.73. The van der Waals surface area contributed by atoms with E-state index in [1.165, 1.54) is 12.1 Å². The monoisotopic (exact) mass is 500 g/mol. The fourth-order valence-electron chi connectivity index (χ4n) is 4.73. The van der Waals surface area contributed by atoms with Crippen molar-refractivity contribution in [3.05, 3.63) is 75.9 Å². The molecule has 0 amide bonds. The van der Waals surface area contributed by atoms with Crippen LogP contribution in [0.1, 0.15) is 41.5 Å². The van der Waals surface area contributed by atoms with Crippen LogP contribution < -0.4 is 4.74 Å². The second kappa shape index (κ2) is 9.28. The number of hydrogen-bond acceptors (Lipinski definition) is 7. The highest BCUT2D eigenvalue weighted by molar-refractivity contribution is 7.15. The summed E-state index contributed by atoms with van der Waals surface area (Å²) in [6.07, 6.45) is -3.87. The van der Waals surface area contributed by atoms with Gasteiger partial charge in [0, 0.05) is 21.7 Å². The zero-order valence-corrected chi connectivity index (χ0v) is 20.8. The molecule has 2 N–H and O–H groups in total. The standard InChI is InChI=1S/C27H29FO6S/c1-14-11-20(31-4)19(22(29)24-23(30)25-26(32-24)34-27(2,3)33-25)13-16(14)12-18-9-10-21(35-18)15-5-7-17(28)8-6-15/h5-11,13,22-26,29-30H,12H2,1-4H3. The number of ether oxygens (including phenoxy) is 4. The van der Waals surface area contributed by atoms with Gasteiger partial charge < -0.3 is 29.2 Å². The van der Waals surface area contributed by atoms with E-state index in [1.54, 1.807) is 44.4 Å². The lowest BCUT2D eigenvalue weighted by atomic mass is 9.93. The molecule has 2 aliphatic rings. The highest BCUT2D eigenvalue weighted by atomic mass is 32.1. The molecule has 0 spiro atoms. The molecular weight excluding hydrogens is 471 g/mol. The number of methoxy groups -OCH3 is 1. The van der Waals surface area contributed by atoms with Crippen molar-refractivity contribution in [3.8, 4) is 16.2 Å². The molecule has 3 aromatic rings. The van der Waals surface area contributed by atoms with Gasteiger partial charge in [-0.25, -0.2) is 4.39 Å². The zero-order valence-electron chi connectivity index (χ0n) is 20.0. The number of aryl methyl sites for hydroxylation is 1. The highest BCUT2D eigenvalue weighted by Crippen LogP contribution is 2.43. The van der Waals surface area contributed by atoms with Crippen molar-refractivity contribution in [3.63, 3.8) is 0 Å². The molecule has 5 unspecified atom stereocenters. The lowest BCUT2D eigenvalue weighted by Gasteiger charge is -2.27. The summed E-state index contributed by atoms with van der Waals surface area (Å²) in [4.78, 5) is 2.19. The maximum atomic E-state index is 13.3. The molecular formula is C27H29FO6S. The second-order valence-corrected chi connectivity index (χ2v) is 10.6. The van der Waals surface area contributed by atoms with Crippen LogP contribution in [0.25, 0.3) is 10.4 Å². The second-order valence-electron chi connectivity index (χ2n) is 9.47. The largest absolute Gasteiger partial charge is 0.496 e. The minimum absolute atomic E-state index is 0.257. The zero-order chi connectivity index (χ0) is 24.9. The molecule has 0 radical (unpaired) electrons. The summed E-state index contributed by atoms with van der Waals surface area (Å²) in [6.45, 7) is 5.51. The van der Waals surface area contributed by atoms with Gasteiger partial charge in [-0.3, -0.25) is 0 Å². The van der Waals surface area contributed by atoms with Gasteiger partial charge in [-0.1, -0.05) is 12.1 Å². The van der Waals surface area contributed by atoms with E-state index >= 15 is 0 Å². The van der Waals surface area contributed by atoms with E-state index in [2.05, 4.69) is 6.07 Å². The number of rotatable bonds is 6. The maximum Gasteiger partial charge on any atom is 0.190 e. The third-order valence-corrected chi connectivity index (χ3v) is 7.66. The Labute approximate surface area is 207 Å². The van der Waals surface area contributed by atoms with Crippen LogP contribution in [0, 0.1) is 12.7 Å². The van der Waals surface area contributed by atoms with Crippen molar-refractivity contribution in [1.82, 2.24) is 0 Å². The fraction of sp³-hybridized carbons (Fsp3) is 0.407. The van der Waals surface area contributed by atoms with Crippen LogP contribution in [0.4, 0.5) is 4.39 Å². The summed E-state index contributed by atoms with van der Waals surface area (Å²) in [5, 5.41) is 22.1. The molecule has 2 fully saturated rings. The Kier molecular flexibility index (Phi) is 6.46. The van der Waals surface area contributed by atoms with Crippen molar-refractivity contribution in [1.29, 1.82) is 0 Å². The van der Waals surface area contributed by atoms with Crippen LogP contribution in [-0.2, 0) is 20.6 Å². The van der Waals surface area contributed by atoms with Crippen molar-refractivity contribution in [2.45, 2.75) is 63.7 Å². The summed E-state index contributed by atoms with van der Waals surface area (Å²) < 4.78 is 36.2. The number of fused-ring (bicyclic) bond motifs is 1. The average Bonchev–Trinajstić information content (AvgIpc) is 3.48. The Morgan fingerprint density at radius 2 is 1.86 bits per heavy atom. The van der Waals surface area contributed by atoms with E-state index in [4.69, 9.17) is 18.9 Å². The molecule has 0 aliphatic carbocycles. The first-order chi connectivity index (χ1) is 16.6. The van der Waals surface area contributed by atoms with Gasteiger partial charge in [-0.2, -0.15) is 0 Å². The van der Waals surface area contributed by atoms with Crippen LogP contribution in [0.3, 0.4) is 0 Å². The molecule has 1 aromatic heterocycles. The minimum Gasteiger partial charge on any atom is -0.496 e. The van der Waals surface area contributed by atoms with Crippen molar-refractivity contribution < 1.29 is 33.6 Å². The normalized spacial score (nSPS) is 26.0. The fourth-order valence-corrected chi connectivity index (χ4v) is 5.76. The average molecular weight is 501 g/mol. The summed E-state index contributed by atoms with van der Waals surface area (Å²) in [5.41, 5.74) is 3.55. The Hall–Kier alpha value is -2.33. The molecule has 2 saturated heterocycles. The quantitative estimate of drug-likeness (QED) is 0.510. The number of benzene rings is 2. The van der Waals surface area contributed by atoms with Gasteiger partial charge >= 0.3 is 0 Å². The van der Waals surface area contributed by atoms with Crippen LogP contribution in [-0.4, -0.2) is 47.7 Å². The molecule has 3 heterocycles. The Morgan fingerprint density at radius 3 is 2.54 bits per heavy atom. The molecule has 0 bridgehead atoms. The molecule has 5 atom stereocenters. The summed E-state index contributed by atoms with van der Waals surface area (Å²) in [5.74, 6) is -0.590. The minimum atomic E-state index is -1.14. The first-order valence-electron chi connectivity index (χ1n) is 11.5. The van der Waals surface area contributed by atoms with Crippen molar-refractivity contribution in [2.75, 3.05) is 7.11 Å². The third kappa shape index (κ3) is 4.74. The van der Waals surface area contributed by atoms with E-state index in [-0.39, 0.29) is 5.82 Å². The van der Waals surface area contributed by atoms with Gasteiger partial charge in [-0.05, 0) is 73.9 Å².